The van der Waals surface area contributed by atoms with Gasteiger partial charge in [0.2, 0.25) is 0 Å². The van der Waals surface area contributed by atoms with Gasteiger partial charge in [0.05, 0.1) is 6.17 Å². The van der Waals surface area contributed by atoms with E-state index in [0.29, 0.717) is 20.1 Å². The zero-order valence-corrected chi connectivity index (χ0v) is 18.0. The summed E-state index contributed by atoms with van der Waals surface area (Å²) in [6.45, 7) is 14.4. The molecule has 2 aliphatic rings. The first kappa shape index (κ1) is 19.9. The second-order valence-electron chi connectivity index (χ2n) is 8.40. The van der Waals surface area contributed by atoms with Crippen LogP contribution in [0.3, 0.4) is 0 Å². The van der Waals surface area contributed by atoms with Crippen LogP contribution in [0.15, 0.2) is 54.6 Å². The summed E-state index contributed by atoms with van der Waals surface area (Å²) in [6.07, 6.45) is 1.57. The van der Waals surface area contributed by atoms with Gasteiger partial charge in [0.15, 0.2) is 0 Å². The fraction of sp³-hybridized carbons (Fsp3) is 0.455. The number of anilines is 2. The molecule has 142 valence electrons. The molecule has 0 spiro atoms. The lowest BCUT2D eigenvalue weighted by atomic mass is 9.56. The highest BCUT2D eigenvalue weighted by Crippen LogP contribution is 2.49. The smallest absolute Gasteiger partial charge is 0.331 e. The van der Waals surface area contributed by atoms with E-state index in [9.17, 15) is 0 Å². The van der Waals surface area contributed by atoms with Gasteiger partial charge < -0.3 is 14.3 Å². The summed E-state index contributed by atoms with van der Waals surface area (Å²) in [5.74, 6) is 0. The number of fused-ring (bicyclic) bond motifs is 3. The predicted molar refractivity (Wildman–Crippen MR) is 122 cm³/mol. The number of hydrogen-bond donors (Lipinski definition) is 0. The van der Waals surface area contributed by atoms with Gasteiger partial charge in [-0.25, -0.2) is 0 Å². The number of rotatable bonds is 1. The van der Waals surface area contributed by atoms with Crippen LogP contribution in [0.2, 0.25) is 13.6 Å². The Bertz CT molecular complexity index is 765. The van der Waals surface area contributed by atoms with Crippen molar-refractivity contribution in [3.05, 3.63) is 60.2 Å². The van der Waals surface area contributed by atoms with Crippen molar-refractivity contribution in [1.82, 2.24) is 4.72 Å². The van der Waals surface area contributed by atoms with E-state index >= 15 is 0 Å². The molecule has 0 amide bonds. The first-order valence-corrected chi connectivity index (χ1v) is 10.3. The Morgan fingerprint density at radius 2 is 1.37 bits per heavy atom. The quantitative estimate of drug-likeness (QED) is 0.646. The van der Waals surface area contributed by atoms with Crippen LogP contribution in [0, 0.1) is 0 Å². The van der Waals surface area contributed by atoms with Crippen LogP contribution in [0.1, 0.15) is 39.7 Å². The molecule has 0 N–H and O–H groups in total. The Hall–Kier alpha value is -1.87. The molecular weight excluding hydrogens is 328 g/mol. The van der Waals surface area contributed by atoms with E-state index in [0.717, 1.165) is 0 Å². The second kappa shape index (κ2) is 7.63. The van der Waals surface area contributed by atoms with E-state index in [2.05, 4.69) is 117 Å². The molecule has 0 radical (unpaired) electrons. The maximum atomic E-state index is 2.60. The summed E-state index contributed by atoms with van der Waals surface area (Å²) in [5, 5.41) is 0. The molecule has 5 heteroatoms. The van der Waals surface area contributed by atoms with Crippen molar-refractivity contribution in [1.29, 1.82) is 0 Å². The Balaban J connectivity index is 0.000000659. The first-order chi connectivity index (χ1) is 12.9. The molecule has 1 saturated heterocycles. The molecule has 1 fully saturated rings. The number of benzene rings is 2. The lowest BCUT2D eigenvalue weighted by Crippen LogP contribution is -2.75. The number of para-hydroxylation sites is 2. The van der Waals surface area contributed by atoms with Crippen molar-refractivity contribution in [2.75, 3.05) is 16.7 Å². The minimum Gasteiger partial charge on any atom is -0.382 e. The standard InChI is InChI=1S/C19H25B2N3.C3H8/c1-19(2)16-13-9-10-14-17(16)24-18(19)23(15-11-7-6-8-12-15)20(3)22(5)21(24)4;1-3-2/h6-14,18H,1-5H3;3H2,1-2H3. The lowest BCUT2D eigenvalue weighted by Gasteiger charge is -2.55. The minimum atomic E-state index is 0.0657. The highest BCUT2D eigenvalue weighted by molar-refractivity contribution is 6.77. The summed E-state index contributed by atoms with van der Waals surface area (Å²) in [7, 11) is 2.23. The highest BCUT2D eigenvalue weighted by Gasteiger charge is 2.56. The maximum absolute atomic E-state index is 2.60. The summed E-state index contributed by atoms with van der Waals surface area (Å²) in [6, 6.07) is 19.7. The zero-order valence-electron chi connectivity index (χ0n) is 18.0. The third-order valence-corrected chi connectivity index (χ3v) is 6.09. The average Bonchev–Trinajstić information content (AvgIpc) is 2.90. The second-order valence-corrected chi connectivity index (χ2v) is 8.40. The highest BCUT2D eigenvalue weighted by atomic mass is 15.4. The molecule has 0 saturated carbocycles. The topological polar surface area (TPSA) is 9.72 Å². The van der Waals surface area contributed by atoms with Gasteiger partial charge in [-0.3, -0.25) is 0 Å². The van der Waals surface area contributed by atoms with Gasteiger partial charge in [0.1, 0.15) is 0 Å². The van der Waals surface area contributed by atoms with Crippen LogP contribution in [-0.2, 0) is 5.41 Å². The molecule has 2 aromatic carbocycles. The van der Waals surface area contributed by atoms with Gasteiger partial charge in [0.25, 0.3) is 0 Å². The molecule has 0 aliphatic carbocycles. The first-order valence-electron chi connectivity index (χ1n) is 10.3. The summed E-state index contributed by atoms with van der Waals surface area (Å²) in [4.78, 5) is 5.18. The number of nitrogens with zero attached hydrogens (tertiary/aromatic N) is 3. The van der Waals surface area contributed by atoms with Crippen molar-refractivity contribution < 1.29 is 0 Å². The zero-order chi connectivity index (χ0) is 19.8. The lowest BCUT2D eigenvalue weighted by molar-refractivity contribution is 0.434. The van der Waals surface area contributed by atoms with Gasteiger partial charge in [-0.15, -0.1) is 0 Å². The van der Waals surface area contributed by atoms with Gasteiger partial charge in [-0.1, -0.05) is 84.2 Å². The minimum absolute atomic E-state index is 0.0657. The van der Waals surface area contributed by atoms with Gasteiger partial charge in [0, 0.05) is 16.8 Å². The molecule has 0 bridgehead atoms. The third kappa shape index (κ3) is 3.16. The van der Waals surface area contributed by atoms with Crippen LogP contribution in [0.25, 0.3) is 0 Å². The Kier molecular flexibility index (Phi) is 5.62. The number of hydrogen-bond acceptors (Lipinski definition) is 3. The fourth-order valence-corrected chi connectivity index (χ4v) is 4.62. The summed E-state index contributed by atoms with van der Waals surface area (Å²) in [5.41, 5.74) is 4.18. The van der Waals surface area contributed by atoms with E-state index in [1.54, 1.807) is 0 Å². The average molecular weight is 361 g/mol. The normalized spacial score (nSPS) is 20.8. The Labute approximate surface area is 166 Å². The molecule has 2 heterocycles. The van der Waals surface area contributed by atoms with Crippen molar-refractivity contribution in [3.8, 4) is 0 Å². The van der Waals surface area contributed by atoms with E-state index in [1.807, 2.05) is 0 Å². The fourth-order valence-electron chi connectivity index (χ4n) is 4.62. The molecule has 0 aromatic heterocycles. The molecule has 1 unspecified atom stereocenters. The van der Waals surface area contributed by atoms with Crippen molar-refractivity contribution in [3.63, 3.8) is 0 Å². The molecule has 27 heavy (non-hydrogen) atoms. The van der Waals surface area contributed by atoms with Crippen molar-refractivity contribution in [2.24, 2.45) is 0 Å². The largest absolute Gasteiger partial charge is 0.382 e. The van der Waals surface area contributed by atoms with Gasteiger partial charge in [-0.05, 0) is 30.8 Å². The van der Waals surface area contributed by atoms with Crippen molar-refractivity contribution in [2.45, 2.75) is 59.3 Å². The molecule has 1 atom stereocenters. The third-order valence-electron chi connectivity index (χ3n) is 6.09. The monoisotopic (exact) mass is 361 g/mol. The van der Waals surface area contributed by atoms with Crippen LogP contribution in [0.4, 0.5) is 11.4 Å². The van der Waals surface area contributed by atoms with E-state index in [4.69, 9.17) is 0 Å². The van der Waals surface area contributed by atoms with Gasteiger partial charge in [-0.2, -0.15) is 0 Å². The van der Waals surface area contributed by atoms with Gasteiger partial charge >= 0.3 is 14.0 Å². The van der Waals surface area contributed by atoms with E-state index < -0.39 is 0 Å². The van der Waals surface area contributed by atoms with Crippen LogP contribution in [-0.4, -0.2) is 31.9 Å². The maximum Gasteiger partial charge on any atom is 0.331 e. The van der Waals surface area contributed by atoms with E-state index in [-0.39, 0.29) is 5.41 Å². The SMILES string of the molecule is CB1N(C)B(C)N2c3ccccc3C(C)(C)C2N1c1ccccc1.CCC. The molecule has 4 rings (SSSR count). The molecular formula is C22H33B2N3. The van der Waals surface area contributed by atoms with Crippen LogP contribution < -0.4 is 9.62 Å². The molecule has 3 nitrogen and oxygen atoms in total. The predicted octanol–water partition coefficient (Wildman–Crippen LogP) is 5.21. The van der Waals surface area contributed by atoms with Crippen LogP contribution in [0.5, 0.6) is 0 Å². The summed E-state index contributed by atoms with van der Waals surface area (Å²) < 4.78 is 2.46. The summed E-state index contributed by atoms with van der Waals surface area (Å²) >= 11 is 0. The molecule has 2 aliphatic heterocycles. The Morgan fingerprint density at radius 3 is 2.00 bits per heavy atom. The van der Waals surface area contributed by atoms with Crippen molar-refractivity contribution >= 4 is 25.3 Å². The van der Waals surface area contributed by atoms with E-state index in [1.165, 1.54) is 23.4 Å². The molecule has 2 aromatic rings. The Morgan fingerprint density at radius 1 is 0.852 bits per heavy atom. The van der Waals surface area contributed by atoms with Crippen LogP contribution >= 0.6 is 0 Å².